The van der Waals surface area contributed by atoms with E-state index in [0.29, 0.717) is 35.3 Å². The molecule has 30 heavy (non-hydrogen) atoms. The van der Waals surface area contributed by atoms with E-state index in [2.05, 4.69) is 20.4 Å². The molecule has 1 aromatic heterocycles. The maximum absolute atomic E-state index is 12.8. The quantitative estimate of drug-likeness (QED) is 0.270. The van der Waals surface area contributed by atoms with Crippen molar-refractivity contribution in [1.29, 1.82) is 0 Å². The highest BCUT2D eigenvalue weighted by atomic mass is 127. The van der Waals surface area contributed by atoms with Crippen molar-refractivity contribution in [3.63, 3.8) is 0 Å². The van der Waals surface area contributed by atoms with Crippen molar-refractivity contribution in [2.75, 3.05) is 19.9 Å². The van der Waals surface area contributed by atoms with Gasteiger partial charge in [0.2, 0.25) is 6.79 Å². The number of rotatable bonds is 8. The summed E-state index contributed by atoms with van der Waals surface area (Å²) in [6, 6.07) is 6.28. The molecule has 1 atom stereocenters. The summed E-state index contributed by atoms with van der Waals surface area (Å²) in [6.45, 7) is 1.25. The van der Waals surface area contributed by atoms with Gasteiger partial charge in [0.15, 0.2) is 17.5 Å². The number of aliphatic hydroxyl groups is 1. The van der Waals surface area contributed by atoms with Crippen LogP contribution in [-0.4, -0.2) is 37.6 Å². The molecule has 0 spiro atoms. The van der Waals surface area contributed by atoms with Gasteiger partial charge >= 0.3 is 6.61 Å². The third-order valence-corrected chi connectivity index (χ3v) is 4.18. The highest BCUT2D eigenvalue weighted by Gasteiger charge is 2.26. The van der Waals surface area contributed by atoms with Crippen LogP contribution in [0.2, 0.25) is 0 Å². The first kappa shape index (κ1) is 24.0. The molecule has 11 heteroatoms. The Morgan fingerprint density at radius 2 is 2.03 bits per heavy atom. The Morgan fingerprint density at radius 1 is 1.30 bits per heavy atom. The van der Waals surface area contributed by atoms with Crippen LogP contribution in [0.1, 0.15) is 25.2 Å². The average molecular weight is 539 g/mol. The van der Waals surface area contributed by atoms with Gasteiger partial charge in [-0.1, -0.05) is 0 Å². The number of hydrogen-bond donors (Lipinski definition) is 3. The minimum atomic E-state index is -2.98. The predicted octanol–water partition coefficient (Wildman–Crippen LogP) is 3.19. The summed E-state index contributed by atoms with van der Waals surface area (Å²) in [6.07, 6.45) is 1.48. The maximum Gasteiger partial charge on any atom is 0.387 e. The SMILES string of the molecule is CCNC(=NCc1cc2c(cc1OC(F)F)OCO2)NCC(C)(O)c1ccco1.I. The van der Waals surface area contributed by atoms with Crippen LogP contribution in [0.5, 0.6) is 17.2 Å². The maximum atomic E-state index is 12.8. The third kappa shape index (κ3) is 6.11. The number of ether oxygens (including phenoxy) is 3. The van der Waals surface area contributed by atoms with Gasteiger partial charge in [-0.05, 0) is 32.0 Å². The molecular weight excluding hydrogens is 515 g/mol. The van der Waals surface area contributed by atoms with Crippen molar-refractivity contribution in [1.82, 2.24) is 10.6 Å². The average Bonchev–Trinajstić information content (AvgIpc) is 3.35. The fourth-order valence-electron chi connectivity index (χ4n) is 2.73. The van der Waals surface area contributed by atoms with Gasteiger partial charge < -0.3 is 34.4 Å². The van der Waals surface area contributed by atoms with Gasteiger partial charge in [0, 0.05) is 18.2 Å². The molecule has 1 unspecified atom stereocenters. The summed E-state index contributed by atoms with van der Waals surface area (Å²) in [5.74, 6) is 1.54. The number of furan rings is 1. The number of alkyl halides is 2. The predicted molar refractivity (Wildman–Crippen MR) is 116 cm³/mol. The molecule has 0 fully saturated rings. The number of hydrogen-bond acceptors (Lipinski definition) is 6. The molecule has 2 heterocycles. The number of fused-ring (bicyclic) bond motifs is 1. The molecule has 1 aliphatic rings. The molecular formula is C19H24F2IN3O5. The van der Waals surface area contributed by atoms with E-state index in [1.807, 2.05) is 6.92 Å². The number of benzene rings is 1. The molecule has 2 aromatic rings. The second-order valence-corrected chi connectivity index (χ2v) is 6.49. The fraction of sp³-hybridized carbons (Fsp3) is 0.421. The van der Waals surface area contributed by atoms with Gasteiger partial charge in [-0.2, -0.15) is 8.78 Å². The van der Waals surface area contributed by atoms with Crippen molar-refractivity contribution in [3.05, 3.63) is 41.9 Å². The second-order valence-electron chi connectivity index (χ2n) is 6.49. The van der Waals surface area contributed by atoms with Crippen molar-refractivity contribution in [2.45, 2.75) is 32.6 Å². The van der Waals surface area contributed by atoms with Crippen molar-refractivity contribution in [2.24, 2.45) is 4.99 Å². The van der Waals surface area contributed by atoms with Gasteiger partial charge in [0.1, 0.15) is 17.1 Å². The van der Waals surface area contributed by atoms with E-state index in [4.69, 9.17) is 13.9 Å². The Bertz CT molecular complexity index is 847. The lowest BCUT2D eigenvalue weighted by Gasteiger charge is -2.22. The second kappa shape index (κ2) is 10.7. The monoisotopic (exact) mass is 539 g/mol. The number of halogens is 3. The lowest BCUT2D eigenvalue weighted by Crippen LogP contribution is -2.44. The summed E-state index contributed by atoms with van der Waals surface area (Å²) < 4.78 is 45.9. The lowest BCUT2D eigenvalue weighted by molar-refractivity contribution is -0.0505. The minimum Gasteiger partial charge on any atom is -0.466 e. The van der Waals surface area contributed by atoms with E-state index in [9.17, 15) is 13.9 Å². The van der Waals surface area contributed by atoms with E-state index < -0.39 is 12.2 Å². The Labute approximate surface area is 189 Å². The molecule has 166 valence electrons. The Balaban J connectivity index is 0.00000320. The topological polar surface area (TPSA) is 97.5 Å². The number of nitrogens with zero attached hydrogens (tertiary/aromatic N) is 1. The van der Waals surface area contributed by atoms with Gasteiger partial charge in [-0.15, -0.1) is 24.0 Å². The summed E-state index contributed by atoms with van der Waals surface area (Å²) >= 11 is 0. The molecule has 1 aromatic carbocycles. The van der Waals surface area contributed by atoms with Crippen molar-refractivity contribution in [3.8, 4) is 17.2 Å². The number of guanidine groups is 1. The highest BCUT2D eigenvalue weighted by Crippen LogP contribution is 2.39. The molecule has 3 N–H and O–H groups in total. The zero-order chi connectivity index (χ0) is 20.9. The molecule has 0 aliphatic carbocycles. The summed E-state index contributed by atoms with van der Waals surface area (Å²) in [5.41, 5.74) is -0.855. The van der Waals surface area contributed by atoms with Crippen molar-refractivity contribution >= 4 is 29.9 Å². The van der Waals surface area contributed by atoms with E-state index in [0.717, 1.165) is 0 Å². The van der Waals surface area contributed by atoms with Crippen LogP contribution >= 0.6 is 24.0 Å². The Kier molecular flexibility index (Phi) is 8.53. The van der Waals surface area contributed by atoms with E-state index in [1.54, 1.807) is 25.1 Å². The van der Waals surface area contributed by atoms with Crippen LogP contribution in [-0.2, 0) is 12.1 Å². The van der Waals surface area contributed by atoms with Crippen molar-refractivity contribution < 1.29 is 32.5 Å². The summed E-state index contributed by atoms with van der Waals surface area (Å²) in [5, 5.41) is 16.6. The van der Waals surface area contributed by atoms with Gasteiger partial charge in [0.05, 0.1) is 19.4 Å². The molecule has 8 nitrogen and oxygen atoms in total. The first-order valence-electron chi connectivity index (χ1n) is 9.05. The standard InChI is InChI=1S/C19H23F2N3O5.HI/c1-3-22-18(24-10-19(2,25)16-5-4-6-26-16)23-9-12-7-14-15(28-11-27-14)8-13(12)29-17(20)21;/h4-8,17,25H,3,9-11H2,1-2H3,(H2,22,23,24);1H. The number of aliphatic imine (C=N–C) groups is 1. The van der Waals surface area contributed by atoms with E-state index in [1.165, 1.54) is 12.3 Å². The summed E-state index contributed by atoms with van der Waals surface area (Å²) in [7, 11) is 0. The fourth-order valence-corrected chi connectivity index (χ4v) is 2.73. The van der Waals surface area contributed by atoms with Crippen LogP contribution in [0, 0.1) is 0 Å². The zero-order valence-corrected chi connectivity index (χ0v) is 18.8. The first-order valence-corrected chi connectivity index (χ1v) is 9.05. The third-order valence-electron chi connectivity index (χ3n) is 4.18. The smallest absolute Gasteiger partial charge is 0.387 e. The molecule has 0 radical (unpaired) electrons. The number of nitrogens with one attached hydrogen (secondary N) is 2. The Morgan fingerprint density at radius 3 is 2.67 bits per heavy atom. The van der Waals surface area contributed by atoms with Crippen LogP contribution in [0.15, 0.2) is 39.9 Å². The molecule has 1 aliphatic heterocycles. The zero-order valence-electron chi connectivity index (χ0n) is 16.5. The Hall–Kier alpha value is -2.28. The van der Waals surface area contributed by atoms with Gasteiger partial charge in [-0.3, -0.25) is 0 Å². The highest BCUT2D eigenvalue weighted by molar-refractivity contribution is 14.0. The van der Waals surface area contributed by atoms with Crippen LogP contribution in [0.25, 0.3) is 0 Å². The van der Waals surface area contributed by atoms with Crippen LogP contribution in [0.4, 0.5) is 8.78 Å². The molecule has 0 saturated carbocycles. The summed E-state index contributed by atoms with van der Waals surface area (Å²) in [4.78, 5) is 4.39. The normalized spacial score (nSPS) is 14.8. The molecule has 0 bridgehead atoms. The molecule has 0 saturated heterocycles. The van der Waals surface area contributed by atoms with Gasteiger partial charge in [0.25, 0.3) is 0 Å². The van der Waals surface area contributed by atoms with E-state index in [-0.39, 0.29) is 49.6 Å². The van der Waals surface area contributed by atoms with Crippen LogP contribution in [0.3, 0.4) is 0 Å². The lowest BCUT2D eigenvalue weighted by atomic mass is 10.0. The minimum absolute atomic E-state index is 0. The molecule has 0 amide bonds. The first-order chi connectivity index (χ1) is 13.9. The molecule has 3 rings (SSSR count). The largest absolute Gasteiger partial charge is 0.466 e. The van der Waals surface area contributed by atoms with E-state index >= 15 is 0 Å². The van der Waals surface area contributed by atoms with Crippen LogP contribution < -0.4 is 24.8 Å². The van der Waals surface area contributed by atoms with Gasteiger partial charge in [-0.25, -0.2) is 4.99 Å².